The number of anilines is 1. The highest BCUT2D eigenvalue weighted by Gasteiger charge is 2.45. The molecule has 2 saturated heterocycles. The van der Waals surface area contributed by atoms with Crippen molar-refractivity contribution in [1.29, 1.82) is 0 Å². The number of carbonyl (C=O) groups is 1. The number of aliphatic hydroxyl groups excluding tert-OH is 1. The maximum absolute atomic E-state index is 12.9. The first-order valence-corrected chi connectivity index (χ1v) is 12.1. The second kappa shape index (κ2) is 9.91. The van der Waals surface area contributed by atoms with Gasteiger partial charge in [-0.15, -0.1) is 5.10 Å². The van der Waals surface area contributed by atoms with Crippen molar-refractivity contribution < 1.29 is 27.8 Å². The quantitative estimate of drug-likeness (QED) is 0.628. The number of carbonyl (C=O) groups excluding carboxylic acids is 1. The summed E-state index contributed by atoms with van der Waals surface area (Å²) >= 11 is 0. The Balaban J connectivity index is 1.25. The third-order valence-electron chi connectivity index (χ3n) is 7.62. The Morgan fingerprint density at radius 1 is 1.08 bits per heavy atom. The summed E-state index contributed by atoms with van der Waals surface area (Å²) in [7, 11) is 0. The Morgan fingerprint density at radius 3 is 2.31 bits per heavy atom. The molecule has 2 aliphatic heterocycles. The largest absolute Gasteiger partial charge is 0.416 e. The lowest BCUT2D eigenvalue weighted by molar-refractivity contribution is -0.139. The maximum Gasteiger partial charge on any atom is 0.416 e. The zero-order valence-electron chi connectivity index (χ0n) is 19.6. The molecule has 0 radical (unpaired) electrons. The average Bonchev–Trinajstić information content (AvgIpc) is 2.84. The molecule has 3 fully saturated rings. The molecule has 1 saturated carbocycles. The molecule has 3 N–H and O–H groups in total. The number of benzene rings is 1. The zero-order valence-corrected chi connectivity index (χ0v) is 19.6. The van der Waals surface area contributed by atoms with Gasteiger partial charge < -0.3 is 20.5 Å². The smallest absolute Gasteiger partial charge is 0.392 e. The van der Waals surface area contributed by atoms with Crippen LogP contribution in [-0.2, 0) is 15.7 Å². The number of alkyl halides is 3. The molecule has 2 aromatic rings. The van der Waals surface area contributed by atoms with Gasteiger partial charge in [-0.1, -0.05) is 12.1 Å². The monoisotopic (exact) mass is 506 g/mol. The van der Waals surface area contributed by atoms with Crippen molar-refractivity contribution in [3.8, 4) is 11.3 Å². The summed E-state index contributed by atoms with van der Waals surface area (Å²) in [5.74, 6) is 0.148. The summed E-state index contributed by atoms with van der Waals surface area (Å²) in [6.45, 7) is 3.26. The number of nitrogens with zero attached hydrogens (tertiary/aromatic N) is 5. The molecule has 1 amide bonds. The number of fused-ring (bicyclic) bond motifs is 2. The number of aromatic nitrogens is 3. The van der Waals surface area contributed by atoms with Gasteiger partial charge in [0, 0.05) is 43.6 Å². The summed E-state index contributed by atoms with van der Waals surface area (Å²) in [6, 6.07) is 4.36. The van der Waals surface area contributed by atoms with Crippen molar-refractivity contribution in [2.45, 2.75) is 31.2 Å². The van der Waals surface area contributed by atoms with E-state index in [2.05, 4.69) is 20.1 Å². The Bertz CT molecular complexity index is 1060. The number of aliphatic hydroxyl groups is 1. The summed E-state index contributed by atoms with van der Waals surface area (Å²) < 4.78 is 44.2. The molecule has 1 aliphatic carbocycles. The van der Waals surface area contributed by atoms with Gasteiger partial charge in [-0.2, -0.15) is 18.3 Å². The summed E-state index contributed by atoms with van der Waals surface area (Å²) in [4.78, 5) is 21.1. The van der Waals surface area contributed by atoms with Crippen molar-refractivity contribution in [3.63, 3.8) is 0 Å². The van der Waals surface area contributed by atoms with Gasteiger partial charge in [0.1, 0.15) is 0 Å². The molecule has 3 heterocycles. The van der Waals surface area contributed by atoms with Crippen molar-refractivity contribution in [2.24, 2.45) is 23.5 Å². The molecule has 1 aromatic heterocycles. The van der Waals surface area contributed by atoms with Crippen LogP contribution in [0.15, 0.2) is 30.5 Å². The molecule has 2 bridgehead atoms. The molecule has 12 heteroatoms. The van der Waals surface area contributed by atoms with Crippen molar-refractivity contribution in [3.05, 3.63) is 36.0 Å². The Hall–Kier alpha value is -2.83. The first-order valence-electron chi connectivity index (χ1n) is 12.1. The fraction of sp³-hybridized carbons (Fsp3) is 0.583. The van der Waals surface area contributed by atoms with E-state index in [0.29, 0.717) is 69.4 Å². The van der Waals surface area contributed by atoms with Crippen LogP contribution in [-0.4, -0.2) is 82.6 Å². The van der Waals surface area contributed by atoms with Crippen LogP contribution in [0.2, 0.25) is 0 Å². The van der Waals surface area contributed by atoms with E-state index in [1.807, 2.05) is 4.90 Å². The number of halogens is 3. The van der Waals surface area contributed by atoms with Gasteiger partial charge in [-0.05, 0) is 30.9 Å². The molecular weight excluding hydrogens is 477 g/mol. The molecule has 5 atom stereocenters. The minimum atomic E-state index is -4.40. The lowest BCUT2D eigenvalue weighted by Gasteiger charge is -2.47. The number of rotatable bonds is 5. The SMILES string of the molecule is NC(=O)C(C1C[C@H]2COC[C@@H](C1)C2O)N1CCN(c2nncc(-c3ccc(C(F)(F)F)cc3)n2)CC1. The minimum absolute atomic E-state index is 0.0260. The number of nitrogens with two attached hydrogens (primary N) is 1. The van der Waals surface area contributed by atoms with Gasteiger partial charge in [-0.25, -0.2) is 4.98 Å². The van der Waals surface area contributed by atoms with Gasteiger partial charge in [-0.3, -0.25) is 9.69 Å². The van der Waals surface area contributed by atoms with Crippen LogP contribution in [0.4, 0.5) is 19.1 Å². The van der Waals surface area contributed by atoms with Crippen LogP contribution in [0.1, 0.15) is 18.4 Å². The van der Waals surface area contributed by atoms with Crippen molar-refractivity contribution >= 4 is 11.9 Å². The molecule has 0 spiro atoms. The average molecular weight is 507 g/mol. The molecule has 3 unspecified atom stereocenters. The van der Waals surface area contributed by atoms with E-state index in [4.69, 9.17) is 10.5 Å². The van der Waals surface area contributed by atoms with Crippen LogP contribution in [0.3, 0.4) is 0 Å². The van der Waals surface area contributed by atoms with E-state index in [-0.39, 0.29) is 29.8 Å². The number of piperazine rings is 1. The number of ether oxygens (including phenoxy) is 1. The maximum atomic E-state index is 12.9. The third-order valence-corrected chi connectivity index (χ3v) is 7.62. The molecule has 1 aromatic carbocycles. The molecule has 5 rings (SSSR count). The number of amides is 1. The Kier molecular flexibility index (Phi) is 6.84. The summed E-state index contributed by atoms with van der Waals surface area (Å²) in [5, 5.41) is 18.6. The van der Waals surface area contributed by atoms with E-state index in [0.717, 1.165) is 12.1 Å². The van der Waals surface area contributed by atoms with E-state index < -0.39 is 17.8 Å². The molecule has 36 heavy (non-hydrogen) atoms. The molecule has 194 valence electrons. The van der Waals surface area contributed by atoms with Gasteiger partial charge in [0.05, 0.1) is 42.8 Å². The number of hydrogen-bond donors (Lipinski definition) is 2. The Labute approximate surface area is 206 Å². The zero-order chi connectivity index (χ0) is 25.4. The van der Waals surface area contributed by atoms with Crippen LogP contribution in [0, 0.1) is 17.8 Å². The lowest BCUT2D eigenvalue weighted by atomic mass is 9.69. The Morgan fingerprint density at radius 2 is 1.72 bits per heavy atom. The van der Waals surface area contributed by atoms with Crippen molar-refractivity contribution in [2.75, 3.05) is 44.3 Å². The summed E-state index contributed by atoms with van der Waals surface area (Å²) in [5.41, 5.74) is 6.08. The van der Waals surface area contributed by atoms with E-state index in [1.165, 1.54) is 18.3 Å². The van der Waals surface area contributed by atoms with E-state index in [1.54, 1.807) is 0 Å². The fourth-order valence-electron chi connectivity index (χ4n) is 5.81. The topological polar surface area (TPSA) is 118 Å². The van der Waals surface area contributed by atoms with Crippen molar-refractivity contribution in [1.82, 2.24) is 20.1 Å². The standard InChI is InChI=1S/C24H29F3N6O3/c25-24(26,27)18-3-1-14(2-4-18)19-11-29-31-23(30-19)33-7-5-32(6-8-33)20(22(28)35)15-9-16-12-36-13-17(10-15)21(16)34/h1-4,11,15-17,20-21,34H,5-10,12-13H2,(H2,28,35)/t15?,16-,17+,20?,21?. The highest BCUT2D eigenvalue weighted by molar-refractivity contribution is 5.80. The van der Waals surface area contributed by atoms with Crippen LogP contribution >= 0.6 is 0 Å². The minimum Gasteiger partial charge on any atom is -0.392 e. The molecule has 3 aliphatic rings. The highest BCUT2D eigenvalue weighted by Crippen LogP contribution is 2.40. The molecule has 9 nitrogen and oxygen atoms in total. The number of hydrogen-bond acceptors (Lipinski definition) is 8. The first-order chi connectivity index (χ1) is 17.2. The van der Waals surface area contributed by atoms with Gasteiger partial charge >= 0.3 is 6.18 Å². The first kappa shape index (κ1) is 24.8. The van der Waals surface area contributed by atoms with Gasteiger partial charge in [0.15, 0.2) is 0 Å². The van der Waals surface area contributed by atoms with Crippen LogP contribution < -0.4 is 10.6 Å². The second-order valence-corrected chi connectivity index (χ2v) is 9.87. The van der Waals surface area contributed by atoms with E-state index >= 15 is 0 Å². The van der Waals surface area contributed by atoms with Crippen LogP contribution in [0.25, 0.3) is 11.3 Å². The third kappa shape index (κ3) is 5.02. The van der Waals surface area contributed by atoms with Gasteiger partial charge in [0.25, 0.3) is 0 Å². The fourth-order valence-corrected chi connectivity index (χ4v) is 5.81. The summed E-state index contributed by atoms with van der Waals surface area (Å²) in [6.07, 6.45) is -1.97. The lowest BCUT2D eigenvalue weighted by Crippen LogP contribution is -2.59. The normalized spacial score (nSPS) is 28.1. The highest BCUT2D eigenvalue weighted by atomic mass is 19.4. The second-order valence-electron chi connectivity index (χ2n) is 9.87. The van der Waals surface area contributed by atoms with Crippen LogP contribution in [0.5, 0.6) is 0 Å². The number of primary amides is 1. The predicted octanol–water partition coefficient (Wildman–Crippen LogP) is 1.57. The predicted molar refractivity (Wildman–Crippen MR) is 124 cm³/mol. The van der Waals surface area contributed by atoms with E-state index in [9.17, 15) is 23.1 Å². The van der Waals surface area contributed by atoms with Gasteiger partial charge in [0.2, 0.25) is 11.9 Å². The molecular formula is C24H29F3N6O3.